The summed E-state index contributed by atoms with van der Waals surface area (Å²) in [7, 11) is 0. The summed E-state index contributed by atoms with van der Waals surface area (Å²) in [6.45, 7) is 1.77. The van der Waals surface area contributed by atoms with Crippen LogP contribution in [-0.4, -0.2) is 5.78 Å². The maximum Gasteiger partial charge on any atom is 0.196 e. The summed E-state index contributed by atoms with van der Waals surface area (Å²) in [5.74, 6) is -4.34. The molecule has 0 aromatic heterocycles. The third kappa shape index (κ3) is 2.71. The summed E-state index contributed by atoms with van der Waals surface area (Å²) >= 11 is 3.28. The van der Waals surface area contributed by atoms with Crippen molar-refractivity contribution in [2.24, 2.45) is 0 Å². The lowest BCUT2D eigenvalue weighted by molar-refractivity contribution is 0.103. The van der Waals surface area contributed by atoms with Crippen molar-refractivity contribution in [3.63, 3.8) is 0 Å². The Bertz CT molecular complexity index is 668. The van der Waals surface area contributed by atoms with Crippen molar-refractivity contribution in [2.75, 3.05) is 0 Å². The molecule has 2 aromatic rings. The minimum atomic E-state index is -1.32. The number of carbonyl (C=O) groups excluding carboxylic acids is 1. The predicted molar refractivity (Wildman–Crippen MR) is 68.6 cm³/mol. The van der Waals surface area contributed by atoms with Gasteiger partial charge in [0.25, 0.3) is 0 Å². The van der Waals surface area contributed by atoms with Gasteiger partial charge in [-0.3, -0.25) is 4.79 Å². The fourth-order valence-corrected chi connectivity index (χ4v) is 1.88. The Morgan fingerprint density at radius 2 is 1.63 bits per heavy atom. The highest BCUT2D eigenvalue weighted by atomic mass is 79.9. The molecule has 98 valence electrons. The van der Waals surface area contributed by atoms with Gasteiger partial charge in [-0.25, -0.2) is 13.2 Å². The molecule has 0 radical (unpaired) electrons. The van der Waals surface area contributed by atoms with Crippen LogP contribution in [0, 0.1) is 24.4 Å². The van der Waals surface area contributed by atoms with E-state index in [1.807, 2.05) is 0 Å². The van der Waals surface area contributed by atoms with E-state index < -0.39 is 28.8 Å². The third-order valence-electron chi connectivity index (χ3n) is 2.67. The van der Waals surface area contributed by atoms with Gasteiger partial charge in [-0.1, -0.05) is 15.9 Å². The van der Waals surface area contributed by atoms with Crippen LogP contribution in [0.3, 0.4) is 0 Å². The Kier molecular flexibility index (Phi) is 3.75. The number of benzene rings is 2. The van der Waals surface area contributed by atoms with Crippen LogP contribution in [0.4, 0.5) is 13.2 Å². The van der Waals surface area contributed by atoms with Crippen molar-refractivity contribution in [1.82, 2.24) is 0 Å². The Balaban J connectivity index is 2.49. The second-order valence-corrected chi connectivity index (χ2v) is 4.89. The van der Waals surface area contributed by atoms with E-state index in [0.717, 1.165) is 10.0 Å². The molecule has 0 heterocycles. The lowest BCUT2D eigenvalue weighted by atomic mass is 10.0. The first-order valence-electron chi connectivity index (χ1n) is 5.35. The normalized spacial score (nSPS) is 10.6. The van der Waals surface area contributed by atoms with Gasteiger partial charge in [0, 0.05) is 16.1 Å². The smallest absolute Gasteiger partial charge is 0.196 e. The quantitative estimate of drug-likeness (QED) is 0.589. The van der Waals surface area contributed by atoms with Crippen molar-refractivity contribution in [3.8, 4) is 0 Å². The molecule has 0 saturated carbocycles. The number of ketones is 1. The molecule has 5 heteroatoms. The van der Waals surface area contributed by atoms with E-state index in [9.17, 15) is 18.0 Å². The summed E-state index contributed by atoms with van der Waals surface area (Å²) in [5.41, 5.74) is 0.514. The summed E-state index contributed by atoms with van der Waals surface area (Å²) in [6.07, 6.45) is 0. The molecule has 0 fully saturated rings. The average Bonchev–Trinajstić information content (AvgIpc) is 2.36. The van der Waals surface area contributed by atoms with E-state index in [2.05, 4.69) is 15.9 Å². The van der Waals surface area contributed by atoms with Crippen LogP contribution in [0.25, 0.3) is 0 Å². The lowest BCUT2D eigenvalue weighted by Crippen LogP contribution is -2.06. The predicted octanol–water partition coefficient (Wildman–Crippen LogP) is 4.41. The van der Waals surface area contributed by atoms with Crippen LogP contribution in [0.15, 0.2) is 34.8 Å². The standard InChI is InChI=1S/C14H8BrF3O/c1-7-4-8(2-3-10(7)15)14(19)9-5-12(17)13(18)6-11(9)16/h2-6H,1H3. The lowest BCUT2D eigenvalue weighted by Gasteiger charge is -2.06. The van der Waals surface area contributed by atoms with Crippen molar-refractivity contribution < 1.29 is 18.0 Å². The first-order valence-corrected chi connectivity index (χ1v) is 6.15. The molecule has 0 aliphatic heterocycles. The van der Waals surface area contributed by atoms with E-state index in [-0.39, 0.29) is 5.56 Å². The largest absolute Gasteiger partial charge is 0.288 e. The molecule has 0 spiro atoms. The van der Waals surface area contributed by atoms with E-state index in [1.54, 1.807) is 19.1 Å². The fraction of sp³-hybridized carbons (Fsp3) is 0.0714. The second kappa shape index (κ2) is 5.17. The van der Waals surface area contributed by atoms with Gasteiger partial charge in [-0.2, -0.15) is 0 Å². The second-order valence-electron chi connectivity index (χ2n) is 4.04. The Morgan fingerprint density at radius 1 is 1.00 bits per heavy atom. The van der Waals surface area contributed by atoms with Gasteiger partial charge in [-0.05, 0) is 36.8 Å². The molecule has 0 N–H and O–H groups in total. The molecule has 0 amide bonds. The number of carbonyl (C=O) groups is 1. The van der Waals surface area contributed by atoms with Crippen molar-refractivity contribution in [3.05, 3.63) is 68.9 Å². The van der Waals surface area contributed by atoms with Gasteiger partial charge in [0.2, 0.25) is 0 Å². The zero-order valence-electron chi connectivity index (χ0n) is 9.81. The third-order valence-corrected chi connectivity index (χ3v) is 3.56. The highest BCUT2D eigenvalue weighted by Crippen LogP contribution is 2.21. The Labute approximate surface area is 116 Å². The van der Waals surface area contributed by atoms with E-state index in [4.69, 9.17) is 0 Å². The maximum absolute atomic E-state index is 13.5. The average molecular weight is 329 g/mol. The fourth-order valence-electron chi connectivity index (χ4n) is 1.64. The zero-order chi connectivity index (χ0) is 14.2. The van der Waals surface area contributed by atoms with E-state index in [0.29, 0.717) is 12.1 Å². The first-order chi connectivity index (χ1) is 8.90. The highest BCUT2D eigenvalue weighted by molar-refractivity contribution is 9.10. The summed E-state index contributed by atoms with van der Waals surface area (Å²) < 4.78 is 40.2. The number of hydrogen-bond acceptors (Lipinski definition) is 1. The van der Waals surface area contributed by atoms with Crippen molar-refractivity contribution >= 4 is 21.7 Å². The van der Waals surface area contributed by atoms with Gasteiger partial charge in [0.15, 0.2) is 17.4 Å². The molecule has 1 nitrogen and oxygen atoms in total. The summed E-state index contributed by atoms with van der Waals surface area (Å²) in [4.78, 5) is 12.0. The van der Waals surface area contributed by atoms with Gasteiger partial charge in [-0.15, -0.1) is 0 Å². The molecule has 0 aliphatic rings. The summed E-state index contributed by atoms with van der Waals surface area (Å²) in [6, 6.07) is 5.62. The molecule has 0 bridgehead atoms. The molecule has 2 aromatic carbocycles. The van der Waals surface area contributed by atoms with E-state index in [1.165, 1.54) is 6.07 Å². The molecular weight excluding hydrogens is 321 g/mol. The van der Waals surface area contributed by atoms with Gasteiger partial charge < -0.3 is 0 Å². The number of rotatable bonds is 2. The molecule has 0 saturated heterocycles. The van der Waals surface area contributed by atoms with Crippen molar-refractivity contribution in [1.29, 1.82) is 0 Å². The minimum absolute atomic E-state index is 0.214. The van der Waals surface area contributed by atoms with Crippen LogP contribution < -0.4 is 0 Å². The van der Waals surface area contributed by atoms with Crippen LogP contribution in [0.2, 0.25) is 0 Å². The Morgan fingerprint density at radius 3 is 2.26 bits per heavy atom. The number of halogens is 4. The molecule has 19 heavy (non-hydrogen) atoms. The van der Waals surface area contributed by atoms with Gasteiger partial charge in [0.05, 0.1) is 5.56 Å². The Hall–Kier alpha value is -1.62. The van der Waals surface area contributed by atoms with Gasteiger partial charge >= 0.3 is 0 Å². The van der Waals surface area contributed by atoms with Gasteiger partial charge in [0.1, 0.15) is 5.82 Å². The zero-order valence-corrected chi connectivity index (χ0v) is 11.4. The monoisotopic (exact) mass is 328 g/mol. The molecule has 0 unspecified atom stereocenters. The van der Waals surface area contributed by atoms with Crippen molar-refractivity contribution in [2.45, 2.75) is 6.92 Å². The summed E-state index contributed by atoms with van der Waals surface area (Å²) in [5, 5.41) is 0. The first kappa shape index (κ1) is 13.8. The van der Waals surface area contributed by atoms with Crippen LogP contribution in [0.1, 0.15) is 21.5 Å². The topological polar surface area (TPSA) is 17.1 Å². The molecular formula is C14H8BrF3O. The van der Waals surface area contributed by atoms with Crippen LogP contribution in [0.5, 0.6) is 0 Å². The van der Waals surface area contributed by atoms with Crippen LogP contribution in [-0.2, 0) is 0 Å². The molecule has 2 rings (SSSR count). The highest BCUT2D eigenvalue weighted by Gasteiger charge is 2.18. The molecule has 0 atom stereocenters. The van der Waals surface area contributed by atoms with Crippen LogP contribution >= 0.6 is 15.9 Å². The SMILES string of the molecule is Cc1cc(C(=O)c2cc(F)c(F)cc2F)ccc1Br. The van der Waals surface area contributed by atoms with E-state index >= 15 is 0 Å². The molecule has 0 aliphatic carbocycles. The number of aryl methyl sites for hydroxylation is 1. The number of hydrogen-bond donors (Lipinski definition) is 0. The maximum atomic E-state index is 13.5. The minimum Gasteiger partial charge on any atom is -0.288 e.